The van der Waals surface area contributed by atoms with Crippen molar-refractivity contribution in [2.24, 2.45) is 5.73 Å². The fourth-order valence-corrected chi connectivity index (χ4v) is 2.14. The Labute approximate surface area is 114 Å². The first-order valence-electron chi connectivity index (χ1n) is 6.01. The zero-order chi connectivity index (χ0) is 14.1. The summed E-state index contributed by atoms with van der Waals surface area (Å²) in [6.45, 7) is 0. The van der Waals surface area contributed by atoms with Gasteiger partial charge in [-0.15, -0.1) is 0 Å². The second-order valence-corrected chi connectivity index (χ2v) is 4.39. The van der Waals surface area contributed by atoms with Gasteiger partial charge in [0.05, 0.1) is 5.57 Å². The number of carbonyl (C=O) groups is 2. The quantitative estimate of drug-likeness (QED) is 0.626. The lowest BCUT2D eigenvalue weighted by atomic mass is 10.1. The van der Waals surface area contributed by atoms with Gasteiger partial charge in [0.25, 0.3) is 5.91 Å². The van der Waals surface area contributed by atoms with Crippen LogP contribution in [-0.2, 0) is 4.79 Å². The first-order chi connectivity index (χ1) is 9.63. The van der Waals surface area contributed by atoms with Crippen molar-refractivity contribution < 1.29 is 9.59 Å². The van der Waals surface area contributed by atoms with Crippen molar-refractivity contribution in [2.45, 2.75) is 0 Å². The van der Waals surface area contributed by atoms with Crippen LogP contribution < -0.4 is 16.4 Å². The van der Waals surface area contributed by atoms with E-state index in [9.17, 15) is 9.59 Å². The Balaban J connectivity index is 2.04. The van der Waals surface area contributed by atoms with Gasteiger partial charge in [0.2, 0.25) is 0 Å². The minimum atomic E-state index is -0.642. The van der Waals surface area contributed by atoms with Crippen molar-refractivity contribution >= 4 is 35.0 Å². The second kappa shape index (κ2) is 4.58. The number of rotatable bonds is 2. The number of hydrogen-bond acceptors (Lipinski definition) is 2. The number of amides is 3. The first kappa shape index (κ1) is 12.0. The molecule has 1 aliphatic heterocycles. The third kappa shape index (κ3) is 2.14. The molecule has 6 nitrogen and oxygen atoms in total. The highest BCUT2D eigenvalue weighted by atomic mass is 16.2. The van der Waals surface area contributed by atoms with E-state index < -0.39 is 6.03 Å². The van der Waals surface area contributed by atoms with Crippen molar-refractivity contribution in [2.75, 3.05) is 10.6 Å². The standard InChI is InChI=1S/C14H12N4O2/c15-14(20)17-9-3-4-12-10(7-9)11(13(19)18-12)6-8-2-1-5-16-8/h1-7,16H,(H,18,19)(H3,15,17,20)/b11-6-. The monoisotopic (exact) mass is 268 g/mol. The van der Waals surface area contributed by atoms with Gasteiger partial charge in [0.15, 0.2) is 0 Å². The van der Waals surface area contributed by atoms with E-state index in [4.69, 9.17) is 5.73 Å². The fourth-order valence-electron chi connectivity index (χ4n) is 2.14. The minimum Gasteiger partial charge on any atom is -0.362 e. The second-order valence-electron chi connectivity index (χ2n) is 4.39. The van der Waals surface area contributed by atoms with Crippen LogP contribution >= 0.6 is 0 Å². The number of nitrogens with two attached hydrogens (primary N) is 1. The lowest BCUT2D eigenvalue weighted by Gasteiger charge is -2.04. The molecule has 1 aliphatic rings. The van der Waals surface area contributed by atoms with Gasteiger partial charge in [0.1, 0.15) is 0 Å². The van der Waals surface area contributed by atoms with Gasteiger partial charge in [-0.1, -0.05) is 0 Å². The van der Waals surface area contributed by atoms with E-state index in [-0.39, 0.29) is 5.91 Å². The van der Waals surface area contributed by atoms with Crippen LogP contribution in [0.5, 0.6) is 0 Å². The Kier molecular flexibility index (Phi) is 2.76. The SMILES string of the molecule is NC(=O)Nc1ccc2c(c1)/C(=C/c1ccc[nH]1)C(=O)N2. The van der Waals surface area contributed by atoms with Crippen LogP contribution in [0.4, 0.5) is 16.2 Å². The predicted molar refractivity (Wildman–Crippen MR) is 76.9 cm³/mol. The van der Waals surface area contributed by atoms with Gasteiger partial charge in [0, 0.05) is 28.8 Å². The lowest BCUT2D eigenvalue weighted by Crippen LogP contribution is -2.19. The average Bonchev–Trinajstić information content (AvgIpc) is 2.99. The zero-order valence-corrected chi connectivity index (χ0v) is 10.4. The molecule has 0 unspecified atom stereocenters. The largest absolute Gasteiger partial charge is 0.362 e. The maximum Gasteiger partial charge on any atom is 0.316 e. The van der Waals surface area contributed by atoms with Crippen molar-refractivity contribution in [3.63, 3.8) is 0 Å². The number of benzene rings is 1. The molecule has 0 bridgehead atoms. The van der Waals surface area contributed by atoms with Crippen LogP contribution in [0, 0.1) is 0 Å². The number of fused-ring (bicyclic) bond motifs is 1. The van der Waals surface area contributed by atoms with Crippen LogP contribution in [0.25, 0.3) is 11.6 Å². The molecular formula is C14H12N4O2. The van der Waals surface area contributed by atoms with Gasteiger partial charge in [-0.05, 0) is 36.4 Å². The highest BCUT2D eigenvalue weighted by Crippen LogP contribution is 2.34. The van der Waals surface area contributed by atoms with Crippen molar-refractivity contribution in [3.8, 4) is 0 Å². The summed E-state index contributed by atoms with van der Waals surface area (Å²) in [5.74, 6) is -0.175. The molecule has 0 aliphatic carbocycles. The molecule has 20 heavy (non-hydrogen) atoms. The van der Waals surface area contributed by atoms with Crippen LogP contribution in [0.15, 0.2) is 36.5 Å². The number of nitrogens with one attached hydrogen (secondary N) is 3. The molecule has 0 fully saturated rings. The molecule has 100 valence electrons. The fraction of sp³-hybridized carbons (Fsp3) is 0. The smallest absolute Gasteiger partial charge is 0.316 e. The summed E-state index contributed by atoms with van der Waals surface area (Å²) in [5.41, 5.74) is 8.45. The molecular weight excluding hydrogens is 256 g/mol. The van der Waals surface area contributed by atoms with E-state index in [0.29, 0.717) is 16.9 Å². The minimum absolute atomic E-state index is 0.175. The third-order valence-electron chi connectivity index (χ3n) is 2.99. The Bertz CT molecular complexity index is 717. The molecule has 1 aromatic carbocycles. The first-order valence-corrected chi connectivity index (χ1v) is 6.01. The maximum absolute atomic E-state index is 12.0. The van der Waals surface area contributed by atoms with Gasteiger partial charge in [-0.25, -0.2) is 4.79 Å². The van der Waals surface area contributed by atoms with E-state index >= 15 is 0 Å². The molecule has 1 aromatic heterocycles. The number of carbonyl (C=O) groups excluding carboxylic acids is 2. The summed E-state index contributed by atoms with van der Waals surface area (Å²) in [4.78, 5) is 25.9. The number of anilines is 2. The van der Waals surface area contributed by atoms with Crippen molar-refractivity contribution in [1.82, 2.24) is 4.98 Å². The topological polar surface area (TPSA) is 100 Å². The number of H-pyrrole nitrogens is 1. The molecule has 6 heteroatoms. The van der Waals surface area contributed by atoms with Crippen LogP contribution in [0.1, 0.15) is 11.3 Å². The zero-order valence-electron chi connectivity index (χ0n) is 10.4. The molecule has 0 atom stereocenters. The predicted octanol–water partition coefficient (Wildman–Crippen LogP) is 2.00. The van der Waals surface area contributed by atoms with Gasteiger partial charge >= 0.3 is 6.03 Å². The highest BCUT2D eigenvalue weighted by Gasteiger charge is 2.24. The summed E-state index contributed by atoms with van der Waals surface area (Å²) in [5, 5.41) is 5.27. The van der Waals surface area contributed by atoms with Gasteiger partial charge < -0.3 is 21.4 Å². The molecule has 5 N–H and O–H groups in total. The summed E-state index contributed by atoms with van der Waals surface area (Å²) < 4.78 is 0. The van der Waals surface area contributed by atoms with E-state index in [2.05, 4.69) is 15.6 Å². The molecule has 0 spiro atoms. The normalized spacial score (nSPS) is 15.0. The maximum atomic E-state index is 12.0. The Morgan fingerprint density at radius 1 is 1.30 bits per heavy atom. The number of hydrogen-bond donors (Lipinski definition) is 4. The number of aromatic amines is 1. The average molecular weight is 268 g/mol. The van der Waals surface area contributed by atoms with E-state index in [1.54, 1.807) is 30.5 Å². The Hall–Kier alpha value is -3.02. The molecule has 0 radical (unpaired) electrons. The summed E-state index contributed by atoms with van der Waals surface area (Å²) in [6, 6.07) is 8.20. The molecule has 2 aromatic rings. The van der Waals surface area contributed by atoms with Crippen molar-refractivity contribution in [3.05, 3.63) is 47.8 Å². The lowest BCUT2D eigenvalue weighted by molar-refractivity contribution is -0.110. The Morgan fingerprint density at radius 2 is 2.15 bits per heavy atom. The summed E-state index contributed by atoms with van der Waals surface area (Å²) >= 11 is 0. The number of aromatic nitrogens is 1. The number of primary amides is 1. The molecule has 3 amide bonds. The van der Waals surface area contributed by atoms with E-state index in [1.165, 1.54) is 0 Å². The van der Waals surface area contributed by atoms with E-state index in [0.717, 1.165) is 11.3 Å². The summed E-state index contributed by atoms with van der Waals surface area (Å²) in [6.07, 6.45) is 3.54. The molecule has 0 saturated carbocycles. The third-order valence-corrected chi connectivity index (χ3v) is 2.99. The van der Waals surface area contributed by atoms with E-state index in [1.807, 2.05) is 12.1 Å². The summed E-state index contributed by atoms with van der Waals surface area (Å²) in [7, 11) is 0. The highest BCUT2D eigenvalue weighted by molar-refractivity contribution is 6.35. The van der Waals surface area contributed by atoms with Gasteiger partial charge in [-0.3, -0.25) is 4.79 Å². The molecule has 0 saturated heterocycles. The van der Waals surface area contributed by atoms with Crippen LogP contribution in [0.2, 0.25) is 0 Å². The molecule has 3 rings (SSSR count). The van der Waals surface area contributed by atoms with Crippen molar-refractivity contribution in [1.29, 1.82) is 0 Å². The number of urea groups is 1. The van der Waals surface area contributed by atoms with Crippen LogP contribution in [-0.4, -0.2) is 16.9 Å². The Morgan fingerprint density at radius 3 is 2.85 bits per heavy atom. The van der Waals surface area contributed by atoms with Crippen LogP contribution in [0.3, 0.4) is 0 Å². The molecule has 2 heterocycles. The van der Waals surface area contributed by atoms with Gasteiger partial charge in [-0.2, -0.15) is 0 Å².